The van der Waals surface area contributed by atoms with Gasteiger partial charge in [-0.25, -0.2) is 8.78 Å². The molecule has 8 nitrogen and oxygen atoms in total. The number of halogens is 3. The molecule has 12 heteroatoms. The maximum absolute atomic E-state index is 13.9. The number of hydrogen-bond acceptors (Lipinski definition) is 6. The van der Waals surface area contributed by atoms with Crippen molar-refractivity contribution in [3.63, 3.8) is 0 Å². The van der Waals surface area contributed by atoms with Crippen LogP contribution in [0.4, 0.5) is 12.7 Å². The van der Waals surface area contributed by atoms with E-state index in [9.17, 15) is 30.7 Å². The fourth-order valence-corrected chi connectivity index (χ4v) is 4.34. The van der Waals surface area contributed by atoms with E-state index in [-0.39, 0.29) is 11.7 Å². The molecule has 0 spiro atoms. The smallest absolute Gasteiger partial charge is 0.302 e. The number of hydrogen-bond donors (Lipinski definition) is 1. The quantitative estimate of drug-likeness (QED) is 0.530. The number of ether oxygens (including phenoxy) is 1. The zero-order valence-electron chi connectivity index (χ0n) is 18.8. The highest BCUT2D eigenvalue weighted by atomic mass is 32.3. The average Bonchev–Trinajstić information content (AvgIpc) is 3.09. The van der Waals surface area contributed by atoms with Crippen LogP contribution in [0.1, 0.15) is 43.5 Å². The number of benzene rings is 1. The predicted octanol–water partition coefficient (Wildman–Crippen LogP) is 3.07. The van der Waals surface area contributed by atoms with Gasteiger partial charge in [-0.1, -0.05) is 6.92 Å². The lowest BCUT2D eigenvalue weighted by Crippen LogP contribution is -2.43. The summed E-state index contributed by atoms with van der Waals surface area (Å²) in [6, 6.07) is 5.42. The molecule has 2 heterocycles. The average molecular weight is 502 g/mol. The summed E-state index contributed by atoms with van der Waals surface area (Å²) in [7, 11) is -4.86. The van der Waals surface area contributed by atoms with Crippen LogP contribution >= 0.6 is 0 Å². The van der Waals surface area contributed by atoms with Crippen molar-refractivity contribution >= 4 is 32.9 Å². The topological polar surface area (TPSA) is 106 Å². The number of alkyl halides is 2. The number of fused-ring (bicyclic) bond motifs is 1. The van der Waals surface area contributed by atoms with Gasteiger partial charge in [-0.15, -0.1) is 3.89 Å². The highest BCUT2D eigenvalue weighted by Crippen LogP contribution is 2.34. The summed E-state index contributed by atoms with van der Waals surface area (Å²) in [6.45, 7) is 2.37. The molecule has 2 unspecified atom stereocenters. The van der Waals surface area contributed by atoms with Crippen LogP contribution in [0.25, 0.3) is 10.9 Å². The Morgan fingerprint density at radius 1 is 1.32 bits per heavy atom. The van der Waals surface area contributed by atoms with Gasteiger partial charge in [-0.05, 0) is 44.0 Å². The van der Waals surface area contributed by atoms with Crippen molar-refractivity contribution in [3.05, 3.63) is 36.0 Å². The Labute approximate surface area is 195 Å². The third-order valence-corrected chi connectivity index (χ3v) is 6.39. The van der Waals surface area contributed by atoms with Crippen molar-refractivity contribution in [2.45, 2.75) is 51.2 Å². The molecular formula is C22H26F3N3O5S. The van der Waals surface area contributed by atoms with E-state index in [1.807, 2.05) is 13.8 Å². The van der Waals surface area contributed by atoms with Gasteiger partial charge in [0.2, 0.25) is 5.91 Å². The summed E-state index contributed by atoms with van der Waals surface area (Å²) >= 11 is 0. The number of carbonyl (C=O) groups is 2. The van der Waals surface area contributed by atoms with Gasteiger partial charge in [0.1, 0.15) is 5.75 Å². The van der Waals surface area contributed by atoms with Gasteiger partial charge in [0, 0.05) is 24.0 Å². The first-order chi connectivity index (χ1) is 15.9. The molecule has 2 amide bonds. The lowest BCUT2D eigenvalue weighted by molar-refractivity contribution is -0.132. The molecule has 2 atom stereocenters. The van der Waals surface area contributed by atoms with Crippen molar-refractivity contribution in [1.29, 1.82) is 0 Å². The summed E-state index contributed by atoms with van der Waals surface area (Å²) < 4.78 is 68.0. The molecule has 1 aliphatic rings. The van der Waals surface area contributed by atoms with Crippen LogP contribution in [0.5, 0.6) is 5.75 Å². The number of pyridine rings is 1. The number of rotatable bonds is 9. The Balaban J connectivity index is 1.71. The minimum absolute atomic E-state index is 0.0389. The van der Waals surface area contributed by atoms with Crippen LogP contribution in [-0.4, -0.2) is 67.0 Å². The Bertz CT molecular complexity index is 1180. The van der Waals surface area contributed by atoms with Gasteiger partial charge < -0.3 is 15.0 Å². The zero-order valence-corrected chi connectivity index (χ0v) is 19.6. The molecule has 0 radical (unpaired) electrons. The van der Waals surface area contributed by atoms with E-state index in [1.165, 1.54) is 12.3 Å². The van der Waals surface area contributed by atoms with Gasteiger partial charge in [-0.3, -0.25) is 14.6 Å². The number of likely N-dealkylation sites (tertiary alicyclic amines) is 1. The molecule has 3 rings (SSSR count). The highest BCUT2D eigenvalue weighted by Gasteiger charge is 2.46. The maximum Gasteiger partial charge on any atom is 0.302 e. The van der Waals surface area contributed by atoms with Crippen LogP contribution in [0, 0.1) is 0 Å². The Morgan fingerprint density at radius 2 is 2.06 bits per heavy atom. The minimum atomic E-state index is -4.86. The Morgan fingerprint density at radius 3 is 2.74 bits per heavy atom. The normalized spacial score (nSPS) is 18.6. The van der Waals surface area contributed by atoms with E-state index in [0.29, 0.717) is 16.7 Å². The van der Waals surface area contributed by atoms with E-state index in [2.05, 4.69) is 10.3 Å². The lowest BCUT2D eigenvalue weighted by Gasteiger charge is -2.23. The van der Waals surface area contributed by atoms with Crippen molar-refractivity contribution < 1.29 is 35.4 Å². The number of aromatic nitrogens is 1. The second-order valence-electron chi connectivity index (χ2n) is 8.32. The monoisotopic (exact) mass is 501 g/mol. The molecule has 34 heavy (non-hydrogen) atoms. The molecule has 1 aromatic carbocycles. The molecule has 1 saturated heterocycles. The summed E-state index contributed by atoms with van der Waals surface area (Å²) in [5.74, 6) is -5.07. The van der Waals surface area contributed by atoms with E-state index in [4.69, 9.17) is 4.74 Å². The van der Waals surface area contributed by atoms with Crippen LogP contribution in [0.3, 0.4) is 0 Å². The largest absolute Gasteiger partial charge is 0.491 e. The molecule has 2 aromatic rings. The van der Waals surface area contributed by atoms with Crippen LogP contribution in [-0.2, 0) is 15.0 Å². The fourth-order valence-electron chi connectivity index (χ4n) is 3.79. The summed E-state index contributed by atoms with van der Waals surface area (Å²) in [5, 5.41) is 2.92. The van der Waals surface area contributed by atoms with Gasteiger partial charge >= 0.3 is 10.2 Å². The first-order valence-electron chi connectivity index (χ1n) is 10.8. The Hall–Kier alpha value is -2.89. The van der Waals surface area contributed by atoms with E-state index >= 15 is 0 Å². The van der Waals surface area contributed by atoms with Crippen LogP contribution in [0.2, 0.25) is 0 Å². The van der Waals surface area contributed by atoms with Crippen LogP contribution in [0.15, 0.2) is 30.5 Å². The molecule has 1 aromatic heterocycles. The molecule has 1 aliphatic heterocycles. The minimum Gasteiger partial charge on any atom is -0.491 e. The van der Waals surface area contributed by atoms with E-state index < -0.39 is 65.7 Å². The molecule has 186 valence electrons. The van der Waals surface area contributed by atoms with Crippen molar-refractivity contribution in [2.75, 3.05) is 18.8 Å². The molecule has 0 saturated carbocycles. The number of nitrogens with zero attached hydrogens (tertiary/aromatic N) is 2. The lowest BCUT2D eigenvalue weighted by atomic mass is 10.1. The van der Waals surface area contributed by atoms with Crippen LogP contribution < -0.4 is 10.1 Å². The first kappa shape index (κ1) is 25.7. The third-order valence-electron chi connectivity index (χ3n) is 5.66. The van der Waals surface area contributed by atoms with Gasteiger partial charge in [-0.2, -0.15) is 8.42 Å². The molecule has 0 bridgehead atoms. The van der Waals surface area contributed by atoms with Crippen molar-refractivity contribution in [1.82, 2.24) is 15.2 Å². The first-order valence-corrected chi connectivity index (χ1v) is 12.4. The highest BCUT2D eigenvalue weighted by molar-refractivity contribution is 7.86. The second-order valence-corrected chi connectivity index (χ2v) is 9.81. The maximum atomic E-state index is 13.9. The fraction of sp³-hybridized carbons (Fsp3) is 0.500. The molecule has 0 aliphatic carbocycles. The SMILES string of the molecule is CCC(C)Oc1ccc2nccc(C(=O)NCC(=O)N3CC(F)(F)CC3CCS(=O)(=O)F)c2c1. The Kier molecular flexibility index (Phi) is 7.69. The molecule has 1 N–H and O–H groups in total. The van der Waals surface area contributed by atoms with Gasteiger partial charge in [0.15, 0.2) is 0 Å². The standard InChI is InChI=1S/C22H26F3N3O5S/c1-3-14(2)33-16-4-5-19-18(10-16)17(6-8-26-19)21(30)27-12-20(29)28-13-22(23,24)11-15(28)7-9-34(25,31)32/h4-6,8,10,14-15H,3,7,9,11-13H2,1-2H3,(H,27,30). The van der Waals surface area contributed by atoms with Crippen molar-refractivity contribution in [2.24, 2.45) is 0 Å². The number of amides is 2. The summed E-state index contributed by atoms with van der Waals surface area (Å²) in [6.07, 6.45) is 0.956. The molecule has 1 fully saturated rings. The van der Waals surface area contributed by atoms with Gasteiger partial charge in [0.25, 0.3) is 11.8 Å². The zero-order chi connectivity index (χ0) is 25.1. The van der Waals surface area contributed by atoms with Crippen molar-refractivity contribution in [3.8, 4) is 5.75 Å². The third kappa shape index (κ3) is 6.58. The van der Waals surface area contributed by atoms with Gasteiger partial charge in [0.05, 0.1) is 36.0 Å². The number of carbonyl (C=O) groups excluding carboxylic acids is 2. The summed E-state index contributed by atoms with van der Waals surface area (Å²) in [4.78, 5) is 30.4. The number of nitrogens with one attached hydrogen (secondary N) is 1. The predicted molar refractivity (Wildman–Crippen MR) is 119 cm³/mol. The summed E-state index contributed by atoms with van der Waals surface area (Å²) in [5.41, 5.74) is 0.751. The van der Waals surface area contributed by atoms with E-state index in [1.54, 1.807) is 18.2 Å². The molecular weight excluding hydrogens is 475 g/mol. The van der Waals surface area contributed by atoms with E-state index in [0.717, 1.165) is 11.3 Å². The second kappa shape index (κ2) is 10.2.